The Hall–Kier alpha value is -2.33. The molecule has 2 fully saturated rings. The second-order valence-corrected chi connectivity index (χ2v) is 10.4. The van der Waals surface area contributed by atoms with Gasteiger partial charge in [-0.3, -0.25) is 4.79 Å². The number of benzene rings is 1. The molecule has 2 aliphatic rings. The zero-order chi connectivity index (χ0) is 22.1. The normalized spacial score (nSPS) is 30.2. The molecular formula is C26H34N2O2. The largest absolute Gasteiger partial charge is 0.462 e. The number of nitriles is 2. The molecule has 0 N–H and O–H groups in total. The Labute approximate surface area is 181 Å². The van der Waals surface area contributed by atoms with Gasteiger partial charge >= 0.3 is 5.97 Å². The number of carbonyl (C=O) groups is 1. The lowest BCUT2D eigenvalue weighted by Crippen LogP contribution is -2.43. The Balaban J connectivity index is 1.81. The van der Waals surface area contributed by atoms with Gasteiger partial charge in [-0.2, -0.15) is 10.5 Å². The molecule has 4 nitrogen and oxygen atoms in total. The van der Waals surface area contributed by atoms with Crippen molar-refractivity contribution in [1.29, 1.82) is 10.5 Å². The monoisotopic (exact) mass is 406 g/mol. The highest BCUT2D eigenvalue weighted by atomic mass is 16.5. The first-order valence-electron chi connectivity index (χ1n) is 11.3. The molecule has 0 unspecified atom stereocenters. The molecule has 0 spiro atoms. The molecule has 5 atom stereocenters. The van der Waals surface area contributed by atoms with Crippen LogP contribution in [-0.2, 0) is 14.9 Å². The van der Waals surface area contributed by atoms with E-state index in [-0.39, 0.29) is 29.3 Å². The Bertz CT molecular complexity index is 832. The number of hydrogen-bond acceptors (Lipinski definition) is 4. The maximum atomic E-state index is 13.2. The fraction of sp³-hybridized carbons (Fsp3) is 0.654. The fourth-order valence-corrected chi connectivity index (χ4v) is 5.56. The standard InChI is InChI=1S/C26H34N2O2/c1-17(2)13-21-23(26(21,15-27)16-28)24(29)30-22-14-18(3)11-12-20(22)25(4,5)19-9-7-6-8-10-19/h6-10,17-18,20-23H,11-14H2,1-5H3/t18-,20-,21-,22-,23-/m1/s1. The van der Waals surface area contributed by atoms with Gasteiger partial charge in [-0.15, -0.1) is 0 Å². The zero-order valence-electron chi connectivity index (χ0n) is 18.9. The van der Waals surface area contributed by atoms with E-state index in [1.807, 2.05) is 6.07 Å². The molecular weight excluding hydrogens is 372 g/mol. The molecule has 1 aromatic carbocycles. The van der Waals surface area contributed by atoms with Crippen LogP contribution in [0.5, 0.6) is 0 Å². The molecule has 0 amide bonds. The predicted molar refractivity (Wildman–Crippen MR) is 116 cm³/mol. The average molecular weight is 407 g/mol. The van der Waals surface area contributed by atoms with E-state index in [2.05, 4.69) is 71.0 Å². The molecule has 0 bridgehead atoms. The first-order chi connectivity index (χ1) is 14.2. The summed E-state index contributed by atoms with van der Waals surface area (Å²) in [6.45, 7) is 10.8. The Morgan fingerprint density at radius 3 is 2.40 bits per heavy atom. The lowest BCUT2D eigenvalue weighted by molar-refractivity contribution is -0.159. The lowest BCUT2D eigenvalue weighted by Gasteiger charge is -2.44. The number of esters is 1. The van der Waals surface area contributed by atoms with E-state index >= 15 is 0 Å². The van der Waals surface area contributed by atoms with Crippen molar-refractivity contribution in [2.45, 2.75) is 71.8 Å². The SMILES string of the molecule is CC(C)C[C@@H]1[C@H](C(=O)O[C@@H]2C[C@H](C)CC[C@H]2C(C)(C)c2ccccc2)C1(C#N)C#N. The van der Waals surface area contributed by atoms with E-state index in [1.165, 1.54) is 5.56 Å². The van der Waals surface area contributed by atoms with Gasteiger partial charge in [0.25, 0.3) is 0 Å². The summed E-state index contributed by atoms with van der Waals surface area (Å²) in [5.74, 6) is -0.159. The van der Waals surface area contributed by atoms with Crippen molar-refractivity contribution in [2.24, 2.45) is 35.0 Å². The van der Waals surface area contributed by atoms with Crippen molar-refractivity contribution in [2.75, 3.05) is 0 Å². The van der Waals surface area contributed by atoms with E-state index < -0.39 is 11.3 Å². The number of hydrogen-bond donors (Lipinski definition) is 0. The number of ether oxygens (including phenoxy) is 1. The molecule has 1 aromatic rings. The summed E-state index contributed by atoms with van der Waals surface area (Å²) in [7, 11) is 0. The van der Waals surface area contributed by atoms with Crippen LogP contribution in [-0.4, -0.2) is 12.1 Å². The fourth-order valence-electron chi connectivity index (χ4n) is 5.56. The molecule has 0 saturated heterocycles. The molecule has 0 aromatic heterocycles. The summed E-state index contributed by atoms with van der Waals surface area (Å²) in [6, 6.07) is 14.7. The van der Waals surface area contributed by atoms with E-state index in [9.17, 15) is 15.3 Å². The minimum Gasteiger partial charge on any atom is -0.462 e. The van der Waals surface area contributed by atoms with Gasteiger partial charge in [0.15, 0.2) is 5.41 Å². The first-order valence-corrected chi connectivity index (χ1v) is 11.3. The molecule has 160 valence electrons. The van der Waals surface area contributed by atoms with Gasteiger partial charge in [0.1, 0.15) is 6.10 Å². The number of rotatable bonds is 6. The van der Waals surface area contributed by atoms with Gasteiger partial charge in [0.05, 0.1) is 18.1 Å². The maximum Gasteiger partial charge on any atom is 0.312 e. The quantitative estimate of drug-likeness (QED) is 0.573. The van der Waals surface area contributed by atoms with Crippen molar-refractivity contribution in [1.82, 2.24) is 0 Å². The third-order valence-corrected chi connectivity index (χ3v) is 7.48. The van der Waals surface area contributed by atoms with Crippen molar-refractivity contribution in [3.05, 3.63) is 35.9 Å². The first kappa shape index (κ1) is 22.4. The van der Waals surface area contributed by atoms with Crippen LogP contribution in [0.3, 0.4) is 0 Å². The average Bonchev–Trinajstić information content (AvgIpc) is 3.35. The zero-order valence-corrected chi connectivity index (χ0v) is 18.9. The topological polar surface area (TPSA) is 73.9 Å². The molecule has 3 rings (SSSR count). The minimum absolute atomic E-state index is 0.130. The summed E-state index contributed by atoms with van der Waals surface area (Å²) in [5, 5.41) is 19.3. The van der Waals surface area contributed by atoms with E-state index in [1.54, 1.807) is 0 Å². The van der Waals surface area contributed by atoms with Crippen LogP contribution >= 0.6 is 0 Å². The highest BCUT2D eigenvalue weighted by molar-refractivity contribution is 5.80. The summed E-state index contributed by atoms with van der Waals surface area (Å²) in [4.78, 5) is 13.2. The van der Waals surface area contributed by atoms with Crippen molar-refractivity contribution in [3.63, 3.8) is 0 Å². The highest BCUT2D eigenvalue weighted by Crippen LogP contribution is 2.61. The van der Waals surface area contributed by atoms with Gasteiger partial charge < -0.3 is 4.74 Å². The summed E-state index contributed by atoms with van der Waals surface area (Å²) in [5.41, 5.74) is -0.0981. The van der Waals surface area contributed by atoms with Crippen LogP contribution in [0.2, 0.25) is 0 Å². The third kappa shape index (κ3) is 3.98. The van der Waals surface area contributed by atoms with Gasteiger partial charge in [-0.25, -0.2) is 0 Å². The van der Waals surface area contributed by atoms with E-state index in [0.29, 0.717) is 18.3 Å². The van der Waals surface area contributed by atoms with E-state index in [4.69, 9.17) is 4.74 Å². The maximum absolute atomic E-state index is 13.2. The lowest BCUT2D eigenvalue weighted by atomic mass is 9.64. The van der Waals surface area contributed by atoms with Gasteiger partial charge in [0.2, 0.25) is 0 Å². The molecule has 0 aliphatic heterocycles. The molecule has 30 heavy (non-hydrogen) atoms. The van der Waals surface area contributed by atoms with Crippen LogP contribution in [0, 0.1) is 57.7 Å². The number of nitrogens with zero attached hydrogens (tertiary/aromatic N) is 2. The Morgan fingerprint density at radius 1 is 1.20 bits per heavy atom. The van der Waals surface area contributed by atoms with Gasteiger partial charge in [-0.1, -0.05) is 71.4 Å². The highest BCUT2D eigenvalue weighted by Gasteiger charge is 2.71. The predicted octanol–water partition coefficient (Wildman–Crippen LogP) is 5.64. The van der Waals surface area contributed by atoms with Crippen LogP contribution in [0.25, 0.3) is 0 Å². The summed E-state index contributed by atoms with van der Waals surface area (Å²) < 4.78 is 6.14. The second-order valence-electron chi connectivity index (χ2n) is 10.4. The van der Waals surface area contributed by atoms with Crippen molar-refractivity contribution >= 4 is 5.97 Å². The van der Waals surface area contributed by atoms with Crippen LogP contribution in [0.15, 0.2) is 30.3 Å². The Morgan fingerprint density at radius 2 is 1.83 bits per heavy atom. The number of carbonyl (C=O) groups excluding carboxylic acids is 1. The van der Waals surface area contributed by atoms with Gasteiger partial charge in [0, 0.05) is 11.8 Å². The van der Waals surface area contributed by atoms with Crippen LogP contribution in [0.1, 0.15) is 65.9 Å². The second kappa shape index (κ2) is 8.43. The molecule has 2 saturated carbocycles. The van der Waals surface area contributed by atoms with Crippen molar-refractivity contribution in [3.8, 4) is 12.1 Å². The van der Waals surface area contributed by atoms with Crippen molar-refractivity contribution < 1.29 is 9.53 Å². The molecule has 0 heterocycles. The van der Waals surface area contributed by atoms with Crippen LogP contribution < -0.4 is 0 Å². The minimum atomic E-state index is -1.22. The smallest absolute Gasteiger partial charge is 0.312 e. The Kier molecular flexibility index (Phi) is 6.28. The van der Waals surface area contributed by atoms with Crippen LogP contribution in [0.4, 0.5) is 0 Å². The van der Waals surface area contributed by atoms with E-state index in [0.717, 1.165) is 19.3 Å². The molecule has 4 heteroatoms. The summed E-state index contributed by atoms with van der Waals surface area (Å²) >= 11 is 0. The molecule has 0 radical (unpaired) electrons. The van der Waals surface area contributed by atoms with Gasteiger partial charge in [-0.05, 0) is 42.1 Å². The molecule has 2 aliphatic carbocycles. The summed E-state index contributed by atoms with van der Waals surface area (Å²) in [6.07, 6.45) is 3.46. The third-order valence-electron chi connectivity index (χ3n) is 7.48.